The number of hydrogen-bond acceptors (Lipinski definition) is 6. The molecular weight excluding hydrogens is 460 g/mol. The average Bonchev–Trinajstić information content (AvgIpc) is 3.12. The standard InChI is InChI=1S/C24H24N2O5S2/c1-17(16-31-22-11-7-6-10-21(22)30-2)25-33(28,29)19-12-13-20-23(14-19)32-24(27)26(20)15-18-8-4-3-5-9-18/h3-14,17,25H,15-16H2,1-2H3/t17-/m1/s1. The van der Waals surface area contributed by atoms with Gasteiger partial charge in [0.25, 0.3) is 0 Å². The molecule has 0 aliphatic carbocycles. The van der Waals surface area contributed by atoms with E-state index in [4.69, 9.17) is 9.47 Å². The van der Waals surface area contributed by atoms with Crippen LogP contribution in [0.25, 0.3) is 10.2 Å². The van der Waals surface area contributed by atoms with E-state index in [-0.39, 0.29) is 16.4 Å². The highest BCUT2D eigenvalue weighted by molar-refractivity contribution is 7.89. The van der Waals surface area contributed by atoms with E-state index in [9.17, 15) is 13.2 Å². The lowest BCUT2D eigenvalue weighted by Crippen LogP contribution is -2.36. The summed E-state index contributed by atoms with van der Waals surface area (Å²) in [4.78, 5) is 12.5. The fourth-order valence-corrected chi connectivity index (χ4v) is 5.71. The Balaban J connectivity index is 1.50. The molecule has 4 aromatic rings. The molecule has 0 unspecified atom stereocenters. The Hall–Kier alpha value is -3.14. The molecule has 1 N–H and O–H groups in total. The third-order valence-electron chi connectivity index (χ3n) is 5.05. The normalized spacial score (nSPS) is 12.5. The van der Waals surface area contributed by atoms with Crippen molar-refractivity contribution in [1.29, 1.82) is 0 Å². The van der Waals surface area contributed by atoms with Gasteiger partial charge in [-0.05, 0) is 42.8 Å². The summed E-state index contributed by atoms with van der Waals surface area (Å²) in [5, 5.41) is 0. The molecule has 0 bridgehead atoms. The average molecular weight is 485 g/mol. The molecule has 0 saturated heterocycles. The van der Waals surface area contributed by atoms with E-state index in [0.717, 1.165) is 16.9 Å². The van der Waals surface area contributed by atoms with Crippen LogP contribution < -0.4 is 19.1 Å². The van der Waals surface area contributed by atoms with Gasteiger partial charge in [0.05, 0.1) is 34.8 Å². The second kappa shape index (κ2) is 9.78. The molecule has 9 heteroatoms. The Morgan fingerprint density at radius 2 is 1.70 bits per heavy atom. The van der Waals surface area contributed by atoms with Crippen molar-refractivity contribution in [3.05, 3.63) is 88.0 Å². The first-order valence-electron chi connectivity index (χ1n) is 10.3. The lowest BCUT2D eigenvalue weighted by atomic mass is 10.2. The summed E-state index contributed by atoms with van der Waals surface area (Å²) in [6.07, 6.45) is 0. The number of methoxy groups -OCH3 is 1. The van der Waals surface area contributed by atoms with E-state index in [0.29, 0.717) is 28.3 Å². The van der Waals surface area contributed by atoms with E-state index in [1.807, 2.05) is 42.5 Å². The van der Waals surface area contributed by atoms with Crippen molar-refractivity contribution in [3.8, 4) is 11.5 Å². The van der Waals surface area contributed by atoms with Crippen molar-refractivity contribution in [2.45, 2.75) is 24.4 Å². The topological polar surface area (TPSA) is 86.6 Å². The van der Waals surface area contributed by atoms with Crippen molar-refractivity contribution in [3.63, 3.8) is 0 Å². The first kappa shape index (κ1) is 23.0. The van der Waals surface area contributed by atoms with E-state index in [1.54, 1.807) is 42.9 Å². The predicted molar refractivity (Wildman–Crippen MR) is 130 cm³/mol. The Kier molecular flexibility index (Phi) is 6.83. The highest BCUT2D eigenvalue weighted by Crippen LogP contribution is 2.26. The molecule has 33 heavy (non-hydrogen) atoms. The van der Waals surface area contributed by atoms with Gasteiger partial charge in [0.2, 0.25) is 10.0 Å². The maximum atomic E-state index is 12.9. The molecule has 7 nitrogen and oxygen atoms in total. The summed E-state index contributed by atoms with van der Waals surface area (Å²) in [5.74, 6) is 1.12. The maximum absolute atomic E-state index is 12.9. The van der Waals surface area contributed by atoms with Crippen LogP contribution in [0, 0.1) is 0 Å². The molecule has 172 valence electrons. The van der Waals surface area contributed by atoms with Crippen LogP contribution in [-0.2, 0) is 16.6 Å². The van der Waals surface area contributed by atoms with E-state index in [2.05, 4.69) is 4.72 Å². The van der Waals surface area contributed by atoms with Crippen LogP contribution in [-0.4, -0.2) is 32.7 Å². The Labute approximate surface area is 196 Å². The van der Waals surface area contributed by atoms with Gasteiger partial charge in [-0.15, -0.1) is 0 Å². The molecule has 0 saturated carbocycles. The quantitative estimate of drug-likeness (QED) is 0.390. The van der Waals surface area contributed by atoms with Gasteiger partial charge in [-0.1, -0.05) is 53.8 Å². The van der Waals surface area contributed by atoms with Crippen molar-refractivity contribution in [1.82, 2.24) is 9.29 Å². The SMILES string of the molecule is COc1ccccc1OC[C@@H](C)NS(=O)(=O)c1ccc2c(c1)sc(=O)n2Cc1ccccc1. The van der Waals surface area contributed by atoms with Crippen LogP contribution in [0.3, 0.4) is 0 Å². The molecule has 1 aromatic heterocycles. The number of thiazole rings is 1. The van der Waals surface area contributed by atoms with Crippen LogP contribution >= 0.6 is 11.3 Å². The van der Waals surface area contributed by atoms with Crippen molar-refractivity contribution in [2.75, 3.05) is 13.7 Å². The van der Waals surface area contributed by atoms with Crippen LogP contribution in [0.15, 0.2) is 82.5 Å². The molecule has 0 aliphatic rings. The highest BCUT2D eigenvalue weighted by atomic mass is 32.2. The molecule has 0 amide bonds. The van der Waals surface area contributed by atoms with Gasteiger partial charge in [-0.25, -0.2) is 13.1 Å². The summed E-state index contributed by atoms with van der Waals surface area (Å²) in [6.45, 7) is 2.28. The Bertz CT molecular complexity index is 1410. The van der Waals surface area contributed by atoms with Crippen LogP contribution in [0.5, 0.6) is 11.5 Å². The Morgan fingerprint density at radius 1 is 1.00 bits per heavy atom. The van der Waals surface area contributed by atoms with Gasteiger partial charge in [-0.2, -0.15) is 0 Å². The van der Waals surface area contributed by atoms with Crippen molar-refractivity contribution in [2.24, 2.45) is 0 Å². The van der Waals surface area contributed by atoms with Gasteiger partial charge in [-0.3, -0.25) is 9.36 Å². The van der Waals surface area contributed by atoms with Gasteiger partial charge in [0.1, 0.15) is 6.61 Å². The summed E-state index contributed by atoms with van der Waals surface area (Å²) in [5.41, 5.74) is 1.71. The highest BCUT2D eigenvalue weighted by Gasteiger charge is 2.20. The van der Waals surface area contributed by atoms with Gasteiger partial charge >= 0.3 is 4.87 Å². The number of para-hydroxylation sites is 2. The summed E-state index contributed by atoms with van der Waals surface area (Å²) in [7, 11) is -2.25. The monoisotopic (exact) mass is 484 g/mol. The summed E-state index contributed by atoms with van der Waals surface area (Å²) >= 11 is 1.04. The molecule has 0 aliphatic heterocycles. The maximum Gasteiger partial charge on any atom is 0.308 e. The molecular formula is C24H24N2O5S2. The van der Waals surface area contributed by atoms with Gasteiger partial charge in [0.15, 0.2) is 11.5 Å². The number of aromatic nitrogens is 1. The van der Waals surface area contributed by atoms with E-state index < -0.39 is 16.1 Å². The fourth-order valence-electron chi connectivity index (χ4n) is 3.45. The van der Waals surface area contributed by atoms with Crippen LogP contribution in [0.1, 0.15) is 12.5 Å². The zero-order valence-electron chi connectivity index (χ0n) is 18.2. The first-order valence-corrected chi connectivity index (χ1v) is 12.6. The number of nitrogens with one attached hydrogen (secondary N) is 1. The summed E-state index contributed by atoms with van der Waals surface area (Å²) < 4.78 is 41.7. The van der Waals surface area contributed by atoms with Crippen molar-refractivity contribution < 1.29 is 17.9 Å². The molecule has 3 aromatic carbocycles. The first-order chi connectivity index (χ1) is 15.9. The van der Waals surface area contributed by atoms with Crippen LogP contribution in [0.4, 0.5) is 0 Å². The summed E-state index contributed by atoms with van der Waals surface area (Å²) in [6, 6.07) is 21.1. The van der Waals surface area contributed by atoms with E-state index >= 15 is 0 Å². The largest absolute Gasteiger partial charge is 0.493 e. The number of ether oxygens (including phenoxy) is 2. The number of fused-ring (bicyclic) bond motifs is 1. The second-order valence-corrected chi connectivity index (χ2v) is 10.3. The third kappa shape index (κ3) is 5.27. The molecule has 1 heterocycles. The third-order valence-corrected chi connectivity index (χ3v) is 7.58. The Morgan fingerprint density at radius 3 is 2.42 bits per heavy atom. The van der Waals surface area contributed by atoms with E-state index in [1.165, 1.54) is 6.07 Å². The van der Waals surface area contributed by atoms with Gasteiger partial charge in [0, 0.05) is 0 Å². The predicted octanol–water partition coefficient (Wildman–Crippen LogP) is 3.87. The number of benzene rings is 3. The zero-order chi connectivity index (χ0) is 23.4. The minimum absolute atomic E-state index is 0.104. The smallest absolute Gasteiger partial charge is 0.308 e. The van der Waals surface area contributed by atoms with Crippen LogP contribution in [0.2, 0.25) is 0 Å². The molecule has 1 atom stereocenters. The zero-order valence-corrected chi connectivity index (χ0v) is 19.9. The fraction of sp³-hybridized carbons (Fsp3) is 0.208. The molecule has 0 fully saturated rings. The minimum Gasteiger partial charge on any atom is -0.493 e. The minimum atomic E-state index is -3.80. The van der Waals surface area contributed by atoms with Crippen molar-refractivity contribution >= 4 is 31.6 Å². The number of hydrogen-bond donors (Lipinski definition) is 1. The number of rotatable bonds is 9. The number of nitrogens with zero attached hydrogens (tertiary/aromatic N) is 1. The lowest BCUT2D eigenvalue weighted by molar-refractivity contribution is 0.271. The molecule has 0 spiro atoms. The molecule has 4 rings (SSSR count). The lowest BCUT2D eigenvalue weighted by Gasteiger charge is -2.16. The number of sulfonamides is 1. The van der Waals surface area contributed by atoms with Gasteiger partial charge < -0.3 is 9.47 Å². The molecule has 0 radical (unpaired) electrons. The second-order valence-electron chi connectivity index (χ2n) is 7.55.